The molecule has 0 radical (unpaired) electrons. The van der Waals surface area contributed by atoms with Crippen molar-refractivity contribution in [1.82, 2.24) is 9.78 Å². The lowest BCUT2D eigenvalue weighted by molar-refractivity contribution is 0.104. The van der Waals surface area contributed by atoms with Crippen LogP contribution >= 0.6 is 0 Å². The van der Waals surface area contributed by atoms with Crippen LogP contribution in [0.3, 0.4) is 0 Å². The molecule has 142 valence electrons. The van der Waals surface area contributed by atoms with Crippen molar-refractivity contribution in [3.63, 3.8) is 0 Å². The van der Waals surface area contributed by atoms with E-state index in [0.29, 0.717) is 11.3 Å². The van der Waals surface area contributed by atoms with E-state index >= 15 is 0 Å². The molecule has 0 saturated heterocycles. The molecule has 5 nitrogen and oxygen atoms in total. The van der Waals surface area contributed by atoms with E-state index < -0.39 is 0 Å². The second-order valence-electron chi connectivity index (χ2n) is 6.50. The first-order chi connectivity index (χ1) is 14.1. The van der Waals surface area contributed by atoms with Gasteiger partial charge in [0.2, 0.25) is 0 Å². The maximum atomic E-state index is 12.5. The minimum atomic E-state index is -0.172. The monoisotopic (exact) mass is 382 g/mol. The third-order valence-electron chi connectivity index (χ3n) is 4.47. The molecule has 4 rings (SSSR count). The summed E-state index contributed by atoms with van der Waals surface area (Å²) in [6.07, 6.45) is 5.07. The average molecular weight is 382 g/mol. The van der Waals surface area contributed by atoms with E-state index in [0.717, 1.165) is 16.8 Å². The zero-order chi connectivity index (χ0) is 20.2. The molecule has 5 heteroatoms. The molecule has 0 spiro atoms. The Morgan fingerprint density at radius 3 is 2.10 bits per heavy atom. The zero-order valence-corrected chi connectivity index (χ0v) is 15.4. The zero-order valence-electron chi connectivity index (χ0n) is 15.4. The molecule has 0 atom stereocenters. The highest BCUT2D eigenvalue weighted by molar-refractivity contribution is 6.07. The van der Waals surface area contributed by atoms with Crippen LogP contribution in [0.2, 0.25) is 0 Å². The van der Waals surface area contributed by atoms with E-state index in [1.54, 1.807) is 47.2 Å². The fraction of sp³-hybridized carbons (Fsp3) is 0. The Hall–Kier alpha value is -4.12. The molecule has 0 aliphatic rings. The van der Waals surface area contributed by atoms with E-state index in [1.165, 1.54) is 18.2 Å². The van der Waals surface area contributed by atoms with Gasteiger partial charge in [-0.3, -0.25) is 4.79 Å². The van der Waals surface area contributed by atoms with Gasteiger partial charge in [0.1, 0.15) is 11.5 Å². The molecular weight excluding hydrogens is 364 g/mol. The number of phenolic OH excluding ortho intramolecular Hbond substituents is 2. The number of phenols is 2. The first-order valence-corrected chi connectivity index (χ1v) is 9.06. The molecule has 0 aliphatic heterocycles. The van der Waals surface area contributed by atoms with E-state index in [4.69, 9.17) is 0 Å². The van der Waals surface area contributed by atoms with Gasteiger partial charge in [-0.25, -0.2) is 4.68 Å². The molecule has 1 heterocycles. The molecule has 2 N–H and O–H groups in total. The summed E-state index contributed by atoms with van der Waals surface area (Å²) in [6, 6.07) is 22.6. The van der Waals surface area contributed by atoms with Crippen LogP contribution in [0.15, 0.2) is 91.1 Å². The summed E-state index contributed by atoms with van der Waals surface area (Å²) in [7, 11) is 0. The number of rotatable bonds is 5. The van der Waals surface area contributed by atoms with E-state index in [1.807, 2.05) is 36.5 Å². The predicted molar refractivity (Wildman–Crippen MR) is 112 cm³/mol. The summed E-state index contributed by atoms with van der Waals surface area (Å²) < 4.78 is 1.76. The number of carbonyl (C=O) groups excluding carboxylic acids is 1. The normalized spacial score (nSPS) is 11.0. The van der Waals surface area contributed by atoms with Crippen LogP contribution in [-0.4, -0.2) is 25.8 Å². The van der Waals surface area contributed by atoms with Crippen LogP contribution in [0, 0.1) is 0 Å². The van der Waals surface area contributed by atoms with Crippen LogP contribution in [0.25, 0.3) is 23.0 Å². The topological polar surface area (TPSA) is 75.4 Å². The van der Waals surface area contributed by atoms with Gasteiger partial charge < -0.3 is 10.2 Å². The number of allylic oxidation sites excluding steroid dienone is 1. The second kappa shape index (κ2) is 7.86. The van der Waals surface area contributed by atoms with Crippen molar-refractivity contribution in [2.24, 2.45) is 0 Å². The van der Waals surface area contributed by atoms with Crippen molar-refractivity contribution in [2.45, 2.75) is 0 Å². The van der Waals surface area contributed by atoms with Crippen LogP contribution < -0.4 is 0 Å². The number of ketones is 1. The lowest BCUT2D eigenvalue weighted by Gasteiger charge is -2.01. The minimum absolute atomic E-state index is 0.115. The summed E-state index contributed by atoms with van der Waals surface area (Å²) in [5, 5.41) is 23.6. The third-order valence-corrected chi connectivity index (χ3v) is 4.47. The molecule has 0 aliphatic carbocycles. The van der Waals surface area contributed by atoms with Gasteiger partial charge in [0, 0.05) is 22.9 Å². The summed E-state index contributed by atoms with van der Waals surface area (Å²) in [5.41, 5.74) is 3.68. The second-order valence-corrected chi connectivity index (χ2v) is 6.50. The quantitative estimate of drug-likeness (QED) is 0.382. The van der Waals surface area contributed by atoms with Gasteiger partial charge in [0.15, 0.2) is 5.78 Å². The largest absolute Gasteiger partial charge is 0.508 e. The Labute approximate surface area is 167 Å². The molecule has 0 amide bonds. The summed E-state index contributed by atoms with van der Waals surface area (Å²) in [6.45, 7) is 0. The molecule has 0 bridgehead atoms. The molecule has 0 unspecified atom stereocenters. The fourth-order valence-electron chi connectivity index (χ4n) is 2.95. The van der Waals surface area contributed by atoms with E-state index in [2.05, 4.69) is 5.10 Å². The number of carbonyl (C=O) groups is 1. The van der Waals surface area contributed by atoms with Crippen molar-refractivity contribution in [1.29, 1.82) is 0 Å². The number of para-hydroxylation sites is 1. The maximum absolute atomic E-state index is 12.5. The Morgan fingerprint density at radius 1 is 0.828 bits per heavy atom. The van der Waals surface area contributed by atoms with E-state index in [-0.39, 0.29) is 17.3 Å². The molecule has 29 heavy (non-hydrogen) atoms. The lowest BCUT2D eigenvalue weighted by Crippen LogP contribution is -1.93. The Bertz CT molecular complexity index is 1160. The number of hydrogen-bond donors (Lipinski definition) is 2. The van der Waals surface area contributed by atoms with Crippen molar-refractivity contribution in [3.8, 4) is 28.4 Å². The van der Waals surface area contributed by atoms with Crippen molar-refractivity contribution >= 4 is 11.9 Å². The highest BCUT2D eigenvalue weighted by Crippen LogP contribution is 2.26. The van der Waals surface area contributed by atoms with Crippen molar-refractivity contribution in [3.05, 3.63) is 102 Å². The first-order valence-electron chi connectivity index (χ1n) is 9.06. The summed E-state index contributed by atoms with van der Waals surface area (Å²) >= 11 is 0. The molecule has 0 fully saturated rings. The predicted octanol–water partition coefficient (Wildman–Crippen LogP) is 4.85. The summed E-state index contributed by atoms with van der Waals surface area (Å²) in [4.78, 5) is 12.5. The Morgan fingerprint density at radius 2 is 1.45 bits per heavy atom. The van der Waals surface area contributed by atoms with Gasteiger partial charge in [0.25, 0.3) is 0 Å². The average Bonchev–Trinajstić information content (AvgIpc) is 3.18. The Balaban J connectivity index is 1.72. The fourth-order valence-corrected chi connectivity index (χ4v) is 2.95. The number of aromatic nitrogens is 2. The number of aromatic hydroxyl groups is 2. The number of hydrogen-bond acceptors (Lipinski definition) is 4. The van der Waals surface area contributed by atoms with Crippen LogP contribution in [0.1, 0.15) is 15.9 Å². The molecule has 1 aromatic heterocycles. The molecule has 0 saturated carbocycles. The maximum Gasteiger partial charge on any atom is 0.185 e. The summed E-state index contributed by atoms with van der Waals surface area (Å²) in [5.74, 6) is 0.120. The SMILES string of the molecule is O=C(/C=C/c1cn(-c2ccccc2)nc1-c1ccc(O)cc1)c1ccc(O)cc1. The van der Waals surface area contributed by atoms with Crippen molar-refractivity contribution in [2.75, 3.05) is 0 Å². The van der Waals surface area contributed by atoms with Crippen LogP contribution in [-0.2, 0) is 0 Å². The third kappa shape index (κ3) is 4.09. The highest BCUT2D eigenvalue weighted by Gasteiger charge is 2.11. The standard InChI is InChI=1S/C24H18N2O3/c27-21-11-6-17(7-12-21)23(29)15-10-19-16-26(20-4-2-1-3-5-20)25-24(19)18-8-13-22(28)14-9-18/h1-16,27-28H/b15-10+. The van der Waals surface area contributed by atoms with Gasteiger partial charge in [-0.1, -0.05) is 18.2 Å². The van der Waals surface area contributed by atoms with Gasteiger partial charge in [0.05, 0.1) is 11.4 Å². The molecular formula is C24H18N2O3. The smallest absolute Gasteiger partial charge is 0.185 e. The van der Waals surface area contributed by atoms with E-state index in [9.17, 15) is 15.0 Å². The van der Waals surface area contributed by atoms with Gasteiger partial charge in [-0.2, -0.15) is 5.10 Å². The van der Waals surface area contributed by atoms with Gasteiger partial charge >= 0.3 is 0 Å². The van der Waals surface area contributed by atoms with Gasteiger partial charge in [-0.15, -0.1) is 0 Å². The minimum Gasteiger partial charge on any atom is -0.508 e. The highest BCUT2D eigenvalue weighted by atomic mass is 16.3. The number of nitrogens with zero attached hydrogens (tertiary/aromatic N) is 2. The first kappa shape index (κ1) is 18.3. The van der Waals surface area contributed by atoms with Crippen LogP contribution in [0.4, 0.5) is 0 Å². The number of benzene rings is 3. The van der Waals surface area contributed by atoms with Crippen LogP contribution in [0.5, 0.6) is 11.5 Å². The molecule has 3 aromatic carbocycles. The lowest BCUT2D eigenvalue weighted by atomic mass is 10.1. The Kier molecular flexibility index (Phi) is 4.95. The van der Waals surface area contributed by atoms with Gasteiger partial charge in [-0.05, 0) is 72.8 Å². The molecule has 4 aromatic rings. The van der Waals surface area contributed by atoms with Crippen molar-refractivity contribution < 1.29 is 15.0 Å².